The summed E-state index contributed by atoms with van der Waals surface area (Å²) >= 11 is 0. The lowest BCUT2D eigenvalue weighted by molar-refractivity contribution is -0.158. The minimum Gasteiger partial charge on any atom is -0.458 e. The lowest BCUT2D eigenvalue weighted by atomic mass is 9.80. The van der Waals surface area contributed by atoms with Crippen molar-refractivity contribution in [1.29, 1.82) is 0 Å². The standard InChI is InChI=1S/C34H55N5O7/c1-32(2,3)26(38-31(45)37-23(19-14-9-10-15-19)30(44)46-33(4,5)6)29(43)39-17-20-22(34(20,7)8)24(39)28(42)36-21(25(40)27(35)41)16-18-12-11-13-18/h18-24,26H,9-17H2,1-8H3,(H2,35,41)(H,36,42)(H2,37,38,45)/t20-,21?,22-,23-,24-,26+/m0/s1. The molecule has 6 atom stereocenters. The molecule has 0 radical (unpaired) electrons. The van der Waals surface area contributed by atoms with Gasteiger partial charge in [0, 0.05) is 6.54 Å². The maximum atomic E-state index is 14.3. The zero-order chi connectivity index (χ0) is 34.4. The number of nitrogens with one attached hydrogen (secondary N) is 3. The highest BCUT2D eigenvalue weighted by molar-refractivity contribution is 6.37. The van der Waals surface area contributed by atoms with Crippen molar-refractivity contribution in [3.8, 4) is 0 Å². The number of likely N-dealkylation sites (tertiary alicyclic amines) is 1. The molecule has 5 N–H and O–H groups in total. The summed E-state index contributed by atoms with van der Waals surface area (Å²) in [5, 5.41) is 8.44. The molecule has 5 amide bonds. The Balaban J connectivity index is 1.53. The van der Waals surface area contributed by atoms with E-state index in [0.717, 1.165) is 44.9 Å². The van der Waals surface area contributed by atoms with Gasteiger partial charge in [0.1, 0.15) is 23.7 Å². The number of primary amides is 1. The van der Waals surface area contributed by atoms with E-state index >= 15 is 0 Å². The minimum absolute atomic E-state index is 0.0671. The molecule has 1 unspecified atom stereocenters. The first-order valence-corrected chi connectivity index (χ1v) is 17.0. The summed E-state index contributed by atoms with van der Waals surface area (Å²) in [5.74, 6) is -3.27. The Morgan fingerprint density at radius 3 is 2.00 bits per heavy atom. The number of rotatable bonds is 11. The SMILES string of the molecule is CC(C)(C)OC(=O)[C@@H](NC(=O)N[C@H](C(=O)N1C[C@H]2[C@@H]([C@H]1C(=O)NC(CC1CCC1)C(=O)C(N)=O)C2(C)C)C(C)(C)C)C1CCCC1. The van der Waals surface area contributed by atoms with Crippen molar-refractivity contribution in [3.05, 3.63) is 0 Å². The van der Waals surface area contributed by atoms with Gasteiger partial charge in [-0.25, -0.2) is 9.59 Å². The molecular formula is C34H55N5O7. The number of esters is 1. The lowest BCUT2D eigenvalue weighted by Gasteiger charge is -2.38. The van der Waals surface area contributed by atoms with Gasteiger partial charge in [-0.15, -0.1) is 0 Å². The second-order valence-electron chi connectivity index (χ2n) is 16.7. The molecule has 3 aliphatic carbocycles. The van der Waals surface area contributed by atoms with Crippen LogP contribution in [0, 0.1) is 34.5 Å². The fourth-order valence-electron chi connectivity index (χ4n) is 7.69. The summed E-state index contributed by atoms with van der Waals surface area (Å²) < 4.78 is 5.63. The molecule has 4 rings (SSSR count). The number of piperidine rings is 1. The van der Waals surface area contributed by atoms with Crippen LogP contribution in [-0.4, -0.2) is 76.7 Å². The van der Waals surface area contributed by atoms with E-state index in [-0.39, 0.29) is 29.1 Å². The van der Waals surface area contributed by atoms with E-state index in [0.29, 0.717) is 13.0 Å². The molecule has 12 nitrogen and oxygen atoms in total. The lowest BCUT2D eigenvalue weighted by Crippen LogP contribution is -2.62. The van der Waals surface area contributed by atoms with Crippen LogP contribution in [0.2, 0.25) is 0 Å². The number of carbonyl (C=O) groups is 6. The highest BCUT2D eigenvalue weighted by Crippen LogP contribution is 2.65. The highest BCUT2D eigenvalue weighted by atomic mass is 16.6. The van der Waals surface area contributed by atoms with Gasteiger partial charge in [-0.1, -0.05) is 66.7 Å². The maximum Gasteiger partial charge on any atom is 0.329 e. The first-order chi connectivity index (χ1) is 21.2. The van der Waals surface area contributed by atoms with E-state index in [9.17, 15) is 28.8 Å². The number of ether oxygens (including phenoxy) is 1. The molecule has 4 fully saturated rings. The van der Waals surface area contributed by atoms with Crippen molar-refractivity contribution in [2.75, 3.05) is 6.54 Å². The van der Waals surface area contributed by atoms with Crippen LogP contribution in [-0.2, 0) is 28.7 Å². The van der Waals surface area contributed by atoms with Gasteiger partial charge >= 0.3 is 12.0 Å². The van der Waals surface area contributed by atoms with E-state index in [1.807, 2.05) is 20.8 Å². The van der Waals surface area contributed by atoms with E-state index < -0.39 is 70.7 Å². The fraction of sp³-hybridized carbons (Fsp3) is 0.824. The second kappa shape index (κ2) is 13.1. The monoisotopic (exact) mass is 645 g/mol. The molecule has 46 heavy (non-hydrogen) atoms. The van der Waals surface area contributed by atoms with Gasteiger partial charge in [0.2, 0.25) is 17.6 Å². The highest BCUT2D eigenvalue weighted by Gasteiger charge is 2.70. The van der Waals surface area contributed by atoms with Crippen LogP contribution in [0.3, 0.4) is 0 Å². The molecule has 4 aliphatic rings. The van der Waals surface area contributed by atoms with Crippen molar-refractivity contribution in [2.24, 2.45) is 40.2 Å². The topological polar surface area (TPSA) is 177 Å². The van der Waals surface area contributed by atoms with Crippen LogP contribution in [0.25, 0.3) is 0 Å². The normalized spacial score (nSPS) is 26.2. The maximum absolute atomic E-state index is 14.3. The Hall–Kier alpha value is -3.18. The Morgan fingerprint density at radius 1 is 0.891 bits per heavy atom. The van der Waals surface area contributed by atoms with Gasteiger partial charge in [-0.3, -0.25) is 19.2 Å². The Morgan fingerprint density at radius 2 is 1.50 bits per heavy atom. The number of nitrogens with zero attached hydrogens (tertiary/aromatic N) is 1. The number of carbonyl (C=O) groups excluding carboxylic acids is 6. The summed E-state index contributed by atoms with van der Waals surface area (Å²) in [4.78, 5) is 81.0. The van der Waals surface area contributed by atoms with Gasteiger partial charge in [0.15, 0.2) is 0 Å². The average Bonchev–Trinajstić information content (AvgIpc) is 3.35. The van der Waals surface area contributed by atoms with E-state index in [4.69, 9.17) is 10.5 Å². The summed E-state index contributed by atoms with van der Waals surface area (Å²) in [6, 6.07) is -4.46. The molecule has 1 heterocycles. The van der Waals surface area contributed by atoms with Crippen LogP contribution >= 0.6 is 0 Å². The summed E-state index contributed by atoms with van der Waals surface area (Å²) in [6.07, 6.45) is 6.69. The molecular weight excluding hydrogens is 590 g/mol. The number of urea groups is 1. The molecule has 12 heteroatoms. The molecule has 1 saturated heterocycles. The Bertz CT molecular complexity index is 1230. The number of amides is 5. The van der Waals surface area contributed by atoms with E-state index in [1.54, 1.807) is 20.8 Å². The number of fused-ring (bicyclic) bond motifs is 1. The quantitative estimate of drug-likeness (QED) is 0.197. The zero-order valence-corrected chi connectivity index (χ0v) is 28.9. The van der Waals surface area contributed by atoms with E-state index in [1.165, 1.54) is 4.90 Å². The predicted molar refractivity (Wildman–Crippen MR) is 171 cm³/mol. The van der Waals surface area contributed by atoms with Crippen LogP contribution in [0.5, 0.6) is 0 Å². The van der Waals surface area contributed by atoms with Crippen LogP contribution in [0.15, 0.2) is 0 Å². The van der Waals surface area contributed by atoms with Gasteiger partial charge in [0.25, 0.3) is 5.91 Å². The van der Waals surface area contributed by atoms with Gasteiger partial charge in [-0.2, -0.15) is 0 Å². The Labute approximate surface area is 273 Å². The van der Waals surface area contributed by atoms with Gasteiger partial charge in [-0.05, 0) is 74.5 Å². The number of nitrogens with two attached hydrogens (primary N) is 1. The number of hydrogen-bond acceptors (Lipinski definition) is 7. The third-order valence-corrected chi connectivity index (χ3v) is 10.6. The van der Waals surface area contributed by atoms with Crippen molar-refractivity contribution in [2.45, 2.75) is 137 Å². The smallest absolute Gasteiger partial charge is 0.329 e. The Kier molecular flexibility index (Phi) is 10.2. The van der Waals surface area contributed by atoms with Crippen molar-refractivity contribution in [3.63, 3.8) is 0 Å². The number of ketones is 1. The second-order valence-corrected chi connectivity index (χ2v) is 16.7. The molecule has 0 aromatic rings. The van der Waals surface area contributed by atoms with Crippen LogP contribution < -0.4 is 21.7 Å². The minimum atomic E-state index is -1.10. The average molecular weight is 646 g/mol. The van der Waals surface area contributed by atoms with Crippen LogP contribution in [0.1, 0.15) is 107 Å². The van der Waals surface area contributed by atoms with Crippen molar-refractivity contribution < 1.29 is 33.5 Å². The van der Waals surface area contributed by atoms with Gasteiger partial charge in [0.05, 0.1) is 6.04 Å². The molecule has 0 aromatic carbocycles. The molecule has 0 bridgehead atoms. The molecule has 258 valence electrons. The van der Waals surface area contributed by atoms with Crippen molar-refractivity contribution >= 4 is 35.5 Å². The number of Topliss-reactive ketones (excluding diaryl/α,β-unsaturated/α-hetero) is 1. The fourth-order valence-corrected chi connectivity index (χ4v) is 7.69. The first-order valence-electron chi connectivity index (χ1n) is 17.0. The first kappa shape index (κ1) is 35.7. The summed E-state index contributed by atoms with van der Waals surface area (Å²) in [6.45, 7) is 15.2. The third-order valence-electron chi connectivity index (χ3n) is 10.6. The largest absolute Gasteiger partial charge is 0.458 e. The third kappa shape index (κ3) is 7.85. The zero-order valence-electron chi connectivity index (χ0n) is 28.9. The molecule has 0 aromatic heterocycles. The summed E-state index contributed by atoms with van der Waals surface area (Å²) in [5.41, 5.74) is 3.66. The summed E-state index contributed by atoms with van der Waals surface area (Å²) in [7, 11) is 0. The van der Waals surface area contributed by atoms with E-state index in [2.05, 4.69) is 29.8 Å². The van der Waals surface area contributed by atoms with Crippen molar-refractivity contribution in [1.82, 2.24) is 20.9 Å². The molecule has 3 saturated carbocycles. The number of hydrogen-bond donors (Lipinski definition) is 4. The molecule has 1 aliphatic heterocycles. The van der Waals surface area contributed by atoms with Gasteiger partial charge < -0.3 is 31.3 Å². The molecule has 0 spiro atoms. The predicted octanol–water partition coefficient (Wildman–Crippen LogP) is 2.81. The van der Waals surface area contributed by atoms with Crippen LogP contribution in [0.4, 0.5) is 4.79 Å².